The van der Waals surface area contributed by atoms with Crippen molar-refractivity contribution < 1.29 is 33.0 Å². The Hall–Kier alpha value is -1.89. The number of aliphatic carboxylic acids is 1. The van der Waals surface area contributed by atoms with Crippen molar-refractivity contribution in [3.63, 3.8) is 0 Å². The van der Waals surface area contributed by atoms with Crippen LogP contribution < -0.4 is 5.32 Å². The lowest BCUT2D eigenvalue weighted by atomic mass is 10.2. The van der Waals surface area contributed by atoms with E-state index < -0.39 is 25.4 Å². The second-order valence-corrected chi connectivity index (χ2v) is 6.43. The van der Waals surface area contributed by atoms with Crippen LogP contribution in [0.25, 0.3) is 0 Å². The van der Waals surface area contributed by atoms with Gasteiger partial charge < -0.3 is 18.9 Å². The molecule has 23 heavy (non-hydrogen) atoms. The Kier molecular flexibility index (Phi) is 7.74. The molecule has 1 aromatic carbocycles. The fourth-order valence-corrected chi connectivity index (χ4v) is 3.33. The zero-order chi connectivity index (χ0) is 17.3. The van der Waals surface area contributed by atoms with Crippen LogP contribution in [-0.2, 0) is 29.8 Å². The first-order valence-corrected chi connectivity index (χ1v) is 8.63. The third kappa shape index (κ3) is 6.02. The number of rotatable bonds is 9. The number of ether oxygens (including phenoxy) is 1. The highest BCUT2D eigenvalue weighted by molar-refractivity contribution is 7.55. The van der Waals surface area contributed by atoms with Gasteiger partial charge in [-0.1, -0.05) is 30.3 Å². The maximum Gasteiger partial charge on any atom is 0.408 e. The molecular weight excluding hydrogens is 325 g/mol. The Morgan fingerprint density at radius 3 is 2.22 bits per heavy atom. The van der Waals surface area contributed by atoms with Crippen molar-refractivity contribution in [3.05, 3.63) is 35.9 Å². The van der Waals surface area contributed by atoms with Crippen LogP contribution in [0.3, 0.4) is 0 Å². The molecule has 0 aliphatic rings. The average molecular weight is 345 g/mol. The van der Waals surface area contributed by atoms with Gasteiger partial charge in [0.25, 0.3) is 0 Å². The van der Waals surface area contributed by atoms with Crippen LogP contribution in [0.2, 0.25) is 0 Å². The molecule has 0 fully saturated rings. The van der Waals surface area contributed by atoms with Crippen LogP contribution in [-0.4, -0.2) is 36.2 Å². The first-order valence-electron chi connectivity index (χ1n) is 7.01. The van der Waals surface area contributed by atoms with Gasteiger partial charge in [0.1, 0.15) is 6.61 Å². The standard InChI is InChI=1S/C14H20NO7P/c1-3-21-23(19,22-4-2)12(13(16)17)15-14(18)20-10-11-8-6-5-7-9-11/h5-9,12H,3-4,10H2,1-2H3,(H,15,18)(H,16,17). The highest BCUT2D eigenvalue weighted by Crippen LogP contribution is 2.52. The lowest BCUT2D eigenvalue weighted by Crippen LogP contribution is -2.41. The number of hydrogen-bond donors (Lipinski definition) is 2. The molecule has 2 N–H and O–H groups in total. The highest BCUT2D eigenvalue weighted by atomic mass is 31.2. The van der Waals surface area contributed by atoms with Crippen molar-refractivity contribution in [1.82, 2.24) is 5.32 Å². The highest BCUT2D eigenvalue weighted by Gasteiger charge is 2.43. The van der Waals surface area contributed by atoms with E-state index in [1.807, 2.05) is 11.4 Å². The second-order valence-electron chi connectivity index (χ2n) is 4.32. The summed E-state index contributed by atoms with van der Waals surface area (Å²) in [6.07, 6.45) is -1.03. The number of carbonyl (C=O) groups excluding carboxylic acids is 1. The van der Waals surface area contributed by atoms with E-state index in [0.717, 1.165) is 5.56 Å². The van der Waals surface area contributed by atoms with Gasteiger partial charge >= 0.3 is 19.7 Å². The summed E-state index contributed by atoms with van der Waals surface area (Å²) in [6, 6.07) is 8.84. The van der Waals surface area contributed by atoms with E-state index in [1.54, 1.807) is 24.3 Å². The summed E-state index contributed by atoms with van der Waals surface area (Å²) >= 11 is 0. The van der Waals surface area contributed by atoms with E-state index in [1.165, 1.54) is 13.8 Å². The van der Waals surface area contributed by atoms with Crippen LogP contribution in [0.15, 0.2) is 30.3 Å². The molecule has 1 atom stereocenters. The third-order valence-electron chi connectivity index (χ3n) is 2.64. The fraction of sp³-hybridized carbons (Fsp3) is 0.429. The molecule has 0 spiro atoms. The molecule has 0 radical (unpaired) electrons. The van der Waals surface area contributed by atoms with Crippen LogP contribution in [0, 0.1) is 0 Å². The maximum atomic E-state index is 12.5. The molecule has 0 heterocycles. The zero-order valence-corrected chi connectivity index (χ0v) is 13.8. The van der Waals surface area contributed by atoms with Crippen LogP contribution in [0.5, 0.6) is 0 Å². The minimum absolute atomic E-state index is 0.0260. The van der Waals surface area contributed by atoms with Gasteiger partial charge in [-0.2, -0.15) is 0 Å². The molecule has 9 heteroatoms. The Morgan fingerprint density at radius 2 is 1.74 bits per heavy atom. The number of carboxylic acids is 1. The quantitative estimate of drug-likeness (QED) is 0.662. The molecule has 8 nitrogen and oxygen atoms in total. The van der Waals surface area contributed by atoms with E-state index in [9.17, 15) is 19.3 Å². The summed E-state index contributed by atoms with van der Waals surface area (Å²) in [5, 5.41) is 11.2. The Balaban J connectivity index is 2.72. The number of hydrogen-bond acceptors (Lipinski definition) is 6. The van der Waals surface area contributed by atoms with Gasteiger partial charge in [0.05, 0.1) is 13.2 Å². The minimum Gasteiger partial charge on any atom is -0.479 e. The SMILES string of the molecule is CCOP(=O)(OCC)C(NC(=O)OCc1ccccc1)C(=O)O. The predicted molar refractivity (Wildman–Crippen MR) is 82.0 cm³/mol. The summed E-state index contributed by atoms with van der Waals surface area (Å²) < 4.78 is 27.3. The molecule has 1 rings (SSSR count). The summed E-state index contributed by atoms with van der Waals surface area (Å²) in [5.74, 6) is -3.38. The molecule has 0 aliphatic carbocycles. The van der Waals surface area contributed by atoms with Crippen molar-refractivity contribution in [2.75, 3.05) is 13.2 Å². The largest absolute Gasteiger partial charge is 0.479 e. The van der Waals surface area contributed by atoms with E-state index in [-0.39, 0.29) is 19.8 Å². The third-order valence-corrected chi connectivity index (χ3v) is 4.85. The van der Waals surface area contributed by atoms with E-state index in [0.29, 0.717) is 0 Å². The topological polar surface area (TPSA) is 111 Å². The fourth-order valence-electron chi connectivity index (χ4n) is 1.70. The second kappa shape index (κ2) is 9.29. The molecule has 1 amide bonds. The van der Waals surface area contributed by atoms with E-state index >= 15 is 0 Å². The van der Waals surface area contributed by atoms with Crippen molar-refractivity contribution in [1.29, 1.82) is 0 Å². The lowest BCUT2D eigenvalue weighted by molar-refractivity contribution is -0.137. The van der Waals surface area contributed by atoms with Crippen molar-refractivity contribution in [2.24, 2.45) is 0 Å². The minimum atomic E-state index is -4.05. The zero-order valence-electron chi connectivity index (χ0n) is 12.9. The normalized spacial score (nSPS) is 12.4. The summed E-state index contributed by atoms with van der Waals surface area (Å²) in [4.78, 5) is 23.1. The van der Waals surface area contributed by atoms with Gasteiger partial charge in [-0.15, -0.1) is 0 Å². The summed E-state index contributed by atoms with van der Waals surface area (Å²) in [7, 11) is -4.05. The van der Waals surface area contributed by atoms with Gasteiger partial charge in [0.15, 0.2) is 0 Å². The molecule has 0 bridgehead atoms. The van der Waals surface area contributed by atoms with E-state index in [4.69, 9.17) is 13.8 Å². The van der Waals surface area contributed by atoms with Crippen LogP contribution in [0.4, 0.5) is 4.79 Å². The Morgan fingerprint density at radius 1 is 1.17 bits per heavy atom. The summed E-state index contributed by atoms with van der Waals surface area (Å²) in [5.41, 5.74) is 0.729. The van der Waals surface area contributed by atoms with Crippen molar-refractivity contribution in [3.8, 4) is 0 Å². The number of nitrogens with one attached hydrogen (secondary N) is 1. The molecule has 1 unspecified atom stereocenters. The average Bonchev–Trinajstić information content (AvgIpc) is 2.51. The monoisotopic (exact) mass is 345 g/mol. The first kappa shape index (κ1) is 19.2. The Bertz CT molecular complexity index is 554. The van der Waals surface area contributed by atoms with Crippen molar-refractivity contribution >= 4 is 19.7 Å². The maximum absolute atomic E-state index is 12.5. The molecule has 0 aromatic heterocycles. The van der Waals surface area contributed by atoms with Gasteiger partial charge in [-0.05, 0) is 19.4 Å². The molecule has 128 valence electrons. The van der Waals surface area contributed by atoms with Gasteiger partial charge in [0.2, 0.25) is 5.78 Å². The van der Waals surface area contributed by atoms with Crippen LogP contribution in [0.1, 0.15) is 19.4 Å². The molecule has 1 aromatic rings. The molecule has 0 aliphatic heterocycles. The number of carbonyl (C=O) groups is 2. The summed E-state index contributed by atoms with van der Waals surface area (Å²) in [6.45, 7) is 2.98. The number of amides is 1. The molecule has 0 saturated heterocycles. The smallest absolute Gasteiger partial charge is 0.408 e. The predicted octanol–water partition coefficient (Wildman–Crippen LogP) is 2.59. The first-order chi connectivity index (χ1) is 10.9. The van der Waals surface area contributed by atoms with Gasteiger partial charge in [0, 0.05) is 0 Å². The van der Waals surface area contributed by atoms with Gasteiger partial charge in [-0.25, -0.2) is 9.59 Å². The number of benzene rings is 1. The molecule has 0 saturated carbocycles. The lowest BCUT2D eigenvalue weighted by Gasteiger charge is -2.23. The Labute approximate surface area is 134 Å². The van der Waals surface area contributed by atoms with Crippen LogP contribution >= 0.6 is 7.60 Å². The van der Waals surface area contributed by atoms with Crippen molar-refractivity contribution in [2.45, 2.75) is 26.2 Å². The van der Waals surface area contributed by atoms with Gasteiger partial charge in [-0.3, -0.25) is 9.88 Å². The molecular formula is C14H20NO7P. The van der Waals surface area contributed by atoms with E-state index in [2.05, 4.69) is 0 Å². The number of carboxylic acid groups (broad SMARTS) is 1. The number of alkyl carbamates (subject to hydrolysis) is 1.